The molecule has 0 fully saturated rings. The first-order chi connectivity index (χ1) is 12.6. The third-order valence-electron chi connectivity index (χ3n) is 4.94. The van der Waals surface area contributed by atoms with Crippen LogP contribution in [0.5, 0.6) is 0 Å². The summed E-state index contributed by atoms with van der Waals surface area (Å²) in [5.74, 6) is -0.0961. The number of rotatable bonds is 4. The summed E-state index contributed by atoms with van der Waals surface area (Å²) < 4.78 is 1.45. The van der Waals surface area contributed by atoms with Crippen LogP contribution in [0.1, 0.15) is 28.8 Å². The highest BCUT2D eigenvalue weighted by Gasteiger charge is 2.21. The lowest BCUT2D eigenvalue weighted by atomic mass is 9.97. The van der Waals surface area contributed by atoms with Crippen molar-refractivity contribution in [3.63, 3.8) is 0 Å². The van der Waals surface area contributed by atoms with Crippen molar-refractivity contribution in [2.24, 2.45) is 0 Å². The maximum atomic E-state index is 12.9. The SMILES string of the molecule is CN(Cc1ccccc1)C(=O)Cn1cnc2sc3c(c2c1=O)CCCC3. The molecule has 1 aliphatic carbocycles. The Bertz CT molecular complexity index is 1010. The van der Waals surface area contributed by atoms with Gasteiger partial charge in [-0.2, -0.15) is 0 Å². The molecule has 0 radical (unpaired) electrons. The maximum absolute atomic E-state index is 12.9. The van der Waals surface area contributed by atoms with E-state index in [1.165, 1.54) is 22.2 Å². The largest absolute Gasteiger partial charge is 0.340 e. The van der Waals surface area contributed by atoms with Crippen molar-refractivity contribution in [1.29, 1.82) is 0 Å². The highest BCUT2D eigenvalue weighted by molar-refractivity contribution is 7.18. The Labute approximate surface area is 155 Å². The highest BCUT2D eigenvalue weighted by Crippen LogP contribution is 2.33. The van der Waals surface area contributed by atoms with Gasteiger partial charge in [0.05, 0.1) is 11.7 Å². The number of fused-ring (bicyclic) bond motifs is 3. The van der Waals surface area contributed by atoms with Crippen molar-refractivity contribution >= 4 is 27.5 Å². The third-order valence-corrected chi connectivity index (χ3v) is 6.14. The molecule has 0 saturated heterocycles. The normalized spacial score (nSPS) is 13.6. The Morgan fingerprint density at radius 1 is 1.23 bits per heavy atom. The van der Waals surface area contributed by atoms with E-state index in [-0.39, 0.29) is 18.0 Å². The zero-order chi connectivity index (χ0) is 18.1. The number of benzene rings is 1. The Balaban J connectivity index is 1.58. The van der Waals surface area contributed by atoms with Gasteiger partial charge in [0.1, 0.15) is 11.4 Å². The number of nitrogens with zero attached hydrogens (tertiary/aromatic N) is 3. The minimum absolute atomic E-state index is 0.0235. The molecule has 0 atom stereocenters. The summed E-state index contributed by atoms with van der Waals surface area (Å²) in [5.41, 5.74) is 2.14. The van der Waals surface area contributed by atoms with E-state index in [4.69, 9.17) is 0 Å². The van der Waals surface area contributed by atoms with Crippen molar-refractivity contribution in [2.45, 2.75) is 38.8 Å². The van der Waals surface area contributed by atoms with Gasteiger partial charge in [-0.15, -0.1) is 11.3 Å². The molecule has 0 aliphatic heterocycles. The van der Waals surface area contributed by atoms with Crippen LogP contribution in [-0.4, -0.2) is 27.4 Å². The molecule has 0 spiro atoms. The van der Waals surface area contributed by atoms with Crippen LogP contribution in [0.4, 0.5) is 0 Å². The minimum Gasteiger partial charge on any atom is -0.340 e. The fraction of sp³-hybridized carbons (Fsp3) is 0.350. The maximum Gasteiger partial charge on any atom is 0.262 e. The zero-order valence-electron chi connectivity index (χ0n) is 14.8. The van der Waals surface area contributed by atoms with Gasteiger partial charge in [0.15, 0.2) is 0 Å². The van der Waals surface area contributed by atoms with E-state index in [9.17, 15) is 9.59 Å². The second kappa shape index (κ2) is 7.03. The lowest BCUT2D eigenvalue weighted by Crippen LogP contribution is -2.33. The van der Waals surface area contributed by atoms with Crippen LogP contribution in [0, 0.1) is 0 Å². The third kappa shape index (κ3) is 3.17. The number of carbonyl (C=O) groups is 1. The Morgan fingerprint density at radius 2 is 2.00 bits per heavy atom. The van der Waals surface area contributed by atoms with Crippen molar-refractivity contribution in [3.05, 3.63) is 63.0 Å². The molecule has 26 heavy (non-hydrogen) atoms. The zero-order valence-corrected chi connectivity index (χ0v) is 15.6. The van der Waals surface area contributed by atoms with Gasteiger partial charge in [0, 0.05) is 18.5 Å². The Kier molecular flexibility index (Phi) is 4.59. The Morgan fingerprint density at radius 3 is 2.81 bits per heavy atom. The predicted octanol–water partition coefficient (Wildman–Crippen LogP) is 3.00. The molecule has 1 amide bonds. The van der Waals surface area contributed by atoms with Crippen LogP contribution in [0.15, 0.2) is 41.5 Å². The van der Waals surface area contributed by atoms with Crippen LogP contribution < -0.4 is 5.56 Å². The molecule has 1 aromatic carbocycles. The van der Waals surface area contributed by atoms with E-state index < -0.39 is 0 Å². The van der Waals surface area contributed by atoms with Crippen LogP contribution in [0.2, 0.25) is 0 Å². The van der Waals surface area contributed by atoms with Crippen molar-refractivity contribution in [3.8, 4) is 0 Å². The van der Waals surface area contributed by atoms with Gasteiger partial charge < -0.3 is 4.90 Å². The molecule has 2 aromatic heterocycles. The molecular formula is C20H21N3O2S. The van der Waals surface area contributed by atoms with Crippen LogP contribution in [-0.2, 0) is 30.7 Å². The molecule has 5 nitrogen and oxygen atoms in total. The number of hydrogen-bond acceptors (Lipinski definition) is 4. The van der Waals surface area contributed by atoms with E-state index in [2.05, 4.69) is 4.98 Å². The highest BCUT2D eigenvalue weighted by atomic mass is 32.1. The van der Waals surface area contributed by atoms with Crippen LogP contribution >= 0.6 is 11.3 Å². The first-order valence-electron chi connectivity index (χ1n) is 8.91. The average molecular weight is 367 g/mol. The van der Waals surface area contributed by atoms with Gasteiger partial charge in [0.25, 0.3) is 5.56 Å². The van der Waals surface area contributed by atoms with E-state index in [0.717, 1.165) is 40.6 Å². The summed E-state index contributed by atoms with van der Waals surface area (Å²) in [6.45, 7) is 0.549. The summed E-state index contributed by atoms with van der Waals surface area (Å²) in [4.78, 5) is 33.7. The number of thiophene rings is 1. The molecule has 0 N–H and O–H groups in total. The molecule has 6 heteroatoms. The van der Waals surface area contributed by atoms with Crippen molar-refractivity contribution < 1.29 is 4.79 Å². The first-order valence-corrected chi connectivity index (χ1v) is 9.72. The fourth-order valence-corrected chi connectivity index (χ4v) is 4.73. The molecular weight excluding hydrogens is 346 g/mol. The summed E-state index contributed by atoms with van der Waals surface area (Å²) in [7, 11) is 1.76. The van der Waals surface area contributed by atoms with Gasteiger partial charge in [-0.3, -0.25) is 14.2 Å². The fourth-order valence-electron chi connectivity index (χ4n) is 3.51. The molecule has 1 aliphatic rings. The molecule has 0 saturated carbocycles. The Hall–Kier alpha value is -2.47. The number of likely N-dealkylation sites (N-methyl/N-ethyl adjacent to an activating group) is 1. The monoisotopic (exact) mass is 367 g/mol. The van der Waals surface area contributed by atoms with E-state index in [1.807, 2.05) is 30.3 Å². The lowest BCUT2D eigenvalue weighted by Gasteiger charge is -2.18. The number of carbonyl (C=O) groups excluding carboxylic acids is 1. The van der Waals surface area contributed by atoms with Gasteiger partial charge in [-0.05, 0) is 36.8 Å². The van der Waals surface area contributed by atoms with Crippen LogP contribution in [0.25, 0.3) is 10.2 Å². The molecule has 2 heterocycles. The number of aromatic nitrogens is 2. The number of hydrogen-bond donors (Lipinski definition) is 0. The molecule has 3 aromatic rings. The number of aryl methyl sites for hydroxylation is 2. The van der Waals surface area contributed by atoms with E-state index >= 15 is 0 Å². The molecule has 134 valence electrons. The van der Waals surface area contributed by atoms with E-state index in [0.29, 0.717) is 6.54 Å². The lowest BCUT2D eigenvalue weighted by molar-refractivity contribution is -0.131. The second-order valence-electron chi connectivity index (χ2n) is 6.80. The summed E-state index contributed by atoms with van der Waals surface area (Å²) >= 11 is 1.63. The van der Waals surface area contributed by atoms with Gasteiger partial charge in [-0.1, -0.05) is 30.3 Å². The second-order valence-corrected chi connectivity index (χ2v) is 7.89. The average Bonchev–Trinajstić information content (AvgIpc) is 3.04. The van der Waals surface area contributed by atoms with Crippen LogP contribution in [0.3, 0.4) is 0 Å². The van der Waals surface area contributed by atoms with E-state index in [1.54, 1.807) is 23.3 Å². The van der Waals surface area contributed by atoms with Crippen molar-refractivity contribution in [1.82, 2.24) is 14.5 Å². The molecule has 4 rings (SSSR count). The minimum atomic E-state index is -0.0961. The summed E-state index contributed by atoms with van der Waals surface area (Å²) in [6, 6.07) is 9.83. The van der Waals surface area contributed by atoms with Gasteiger partial charge >= 0.3 is 0 Å². The first kappa shape index (κ1) is 17.0. The standard InChI is InChI=1S/C20H21N3O2S/c1-22(11-14-7-3-2-4-8-14)17(24)12-23-13-21-19-18(20(23)25)15-9-5-6-10-16(15)26-19/h2-4,7-8,13H,5-6,9-12H2,1H3. The smallest absolute Gasteiger partial charge is 0.262 e. The quantitative estimate of drug-likeness (QED) is 0.712. The number of amides is 1. The topological polar surface area (TPSA) is 55.2 Å². The molecule has 0 unspecified atom stereocenters. The molecule has 0 bridgehead atoms. The summed E-state index contributed by atoms with van der Waals surface area (Å²) in [6.07, 6.45) is 5.79. The predicted molar refractivity (Wildman–Crippen MR) is 103 cm³/mol. The van der Waals surface area contributed by atoms with Crippen molar-refractivity contribution in [2.75, 3.05) is 7.05 Å². The summed E-state index contributed by atoms with van der Waals surface area (Å²) in [5, 5.41) is 0.728. The van der Waals surface area contributed by atoms with Gasteiger partial charge in [0.2, 0.25) is 5.91 Å². The van der Waals surface area contributed by atoms with Gasteiger partial charge in [-0.25, -0.2) is 4.98 Å².